The number of methoxy groups -OCH3 is 2. The largest absolute Gasteiger partial charge is 0.497 e. The first-order valence-electron chi connectivity index (χ1n) is 17.7. The van der Waals surface area contributed by atoms with E-state index in [1.165, 1.54) is 23.8 Å². The van der Waals surface area contributed by atoms with Gasteiger partial charge in [-0.1, -0.05) is 121 Å². The lowest BCUT2D eigenvalue weighted by Gasteiger charge is -2.35. The Kier molecular flexibility index (Phi) is 14.8. The number of carbonyl (C=O) groups excluding carboxylic acids is 2. The van der Waals surface area contributed by atoms with E-state index in [4.69, 9.17) is 14.5 Å². The molecule has 5 rings (SSSR count). The number of amides is 1. The number of aromatic nitrogens is 1. The molecular weight excluding hydrogens is 683 g/mol. The molecule has 8 nitrogen and oxygen atoms in total. The minimum absolute atomic E-state index is 0.0555. The molecule has 5 aromatic rings. The molecule has 274 valence electrons. The van der Waals surface area contributed by atoms with Gasteiger partial charge < -0.3 is 19.9 Å². The van der Waals surface area contributed by atoms with E-state index in [1.54, 1.807) is 13.2 Å². The summed E-state index contributed by atoms with van der Waals surface area (Å²) in [7, 11) is 2.99. The molecule has 0 aliphatic heterocycles. The van der Waals surface area contributed by atoms with Gasteiger partial charge in [0.25, 0.3) is 0 Å². The Balaban J connectivity index is 1.14. The van der Waals surface area contributed by atoms with Gasteiger partial charge in [-0.05, 0) is 58.7 Å². The van der Waals surface area contributed by atoms with Crippen LogP contribution in [0.15, 0.2) is 146 Å². The molecule has 0 saturated carbocycles. The van der Waals surface area contributed by atoms with E-state index in [0.717, 1.165) is 29.2 Å². The number of aliphatic hydroxyl groups excluding tert-OH is 1. The lowest BCUT2D eigenvalue weighted by molar-refractivity contribution is -0.142. The number of esters is 1. The summed E-state index contributed by atoms with van der Waals surface area (Å²) in [6.45, 7) is 1.24. The third-order valence-electron chi connectivity index (χ3n) is 8.76. The number of nitrogens with one attached hydrogen (secondary N) is 1. The van der Waals surface area contributed by atoms with Gasteiger partial charge in [0.1, 0.15) is 5.75 Å². The summed E-state index contributed by atoms with van der Waals surface area (Å²) in [5.74, 6) is 0.948. The molecule has 1 unspecified atom stereocenters. The normalized spacial score (nSPS) is 12.1. The Morgan fingerprint density at radius 3 is 1.94 bits per heavy atom. The first-order valence-corrected chi connectivity index (χ1v) is 18.7. The summed E-state index contributed by atoms with van der Waals surface area (Å²) < 4.78 is 9.77. The first kappa shape index (κ1) is 39.0. The maximum absolute atomic E-state index is 12.8. The number of carbonyl (C=O) groups is 2. The monoisotopic (exact) mass is 729 g/mol. The average molecular weight is 730 g/mol. The highest BCUT2D eigenvalue weighted by Crippen LogP contribution is 2.48. The fraction of sp³-hybridized carbons (Fsp3) is 0.250. The molecule has 1 heterocycles. The number of rotatable bonds is 19. The minimum Gasteiger partial charge on any atom is -0.497 e. The molecule has 1 aromatic heterocycles. The zero-order valence-electron chi connectivity index (χ0n) is 30.3. The van der Waals surface area contributed by atoms with Crippen molar-refractivity contribution in [2.24, 2.45) is 0 Å². The zero-order chi connectivity index (χ0) is 37.3. The summed E-state index contributed by atoms with van der Waals surface area (Å²) in [6, 6.07) is 45.0. The SMILES string of the molecule is COC(=O)CN(Cc1ccc(OC)cc1)Cc1cccc(CNC(=O)CC(O)C=CCCSC(c2ccccc2)(c2ccccc2)c2ccccc2)n1. The number of pyridine rings is 1. The molecule has 0 bridgehead atoms. The Morgan fingerprint density at radius 1 is 0.792 bits per heavy atom. The van der Waals surface area contributed by atoms with Crippen LogP contribution in [0.25, 0.3) is 0 Å². The Labute approximate surface area is 316 Å². The molecule has 53 heavy (non-hydrogen) atoms. The van der Waals surface area contributed by atoms with Crippen LogP contribution in [0, 0.1) is 0 Å². The van der Waals surface area contributed by atoms with Gasteiger partial charge in [0.2, 0.25) is 5.91 Å². The van der Waals surface area contributed by atoms with Gasteiger partial charge in [0.15, 0.2) is 0 Å². The third kappa shape index (κ3) is 11.4. The van der Waals surface area contributed by atoms with Crippen LogP contribution in [0.2, 0.25) is 0 Å². The predicted molar refractivity (Wildman–Crippen MR) is 211 cm³/mol. The zero-order valence-corrected chi connectivity index (χ0v) is 31.1. The molecule has 0 fully saturated rings. The number of aliphatic hydroxyl groups is 1. The Morgan fingerprint density at radius 2 is 1.38 bits per heavy atom. The smallest absolute Gasteiger partial charge is 0.319 e. The van der Waals surface area contributed by atoms with E-state index in [2.05, 4.69) is 78.1 Å². The van der Waals surface area contributed by atoms with Crippen LogP contribution in [0.1, 0.15) is 46.5 Å². The van der Waals surface area contributed by atoms with Crippen molar-refractivity contribution in [1.82, 2.24) is 15.2 Å². The standard InChI is InChI=1S/C44H47N3O5S/c1-51-41-26-24-34(25-27-41)31-47(33-43(50)52-2)32-39-22-14-21-38(46-39)30-45-42(49)29-40(48)23-12-13-28-53-44(35-15-6-3-7-16-35,36-17-8-4-9-18-36)37-19-10-5-11-20-37/h3-12,14-27,40,48H,13,28-33H2,1-2H3,(H,45,49). The van der Waals surface area contributed by atoms with Gasteiger partial charge in [-0.2, -0.15) is 0 Å². The molecule has 1 atom stereocenters. The molecule has 0 spiro atoms. The van der Waals surface area contributed by atoms with Crippen molar-refractivity contribution in [2.45, 2.75) is 43.3 Å². The van der Waals surface area contributed by atoms with Gasteiger partial charge in [-0.3, -0.25) is 19.5 Å². The van der Waals surface area contributed by atoms with E-state index < -0.39 is 10.9 Å². The quantitative estimate of drug-likeness (QED) is 0.0396. The average Bonchev–Trinajstić information content (AvgIpc) is 3.20. The number of benzene rings is 4. The molecule has 2 N–H and O–H groups in total. The molecule has 0 saturated heterocycles. The van der Waals surface area contributed by atoms with Crippen LogP contribution in [0.3, 0.4) is 0 Å². The molecule has 0 aliphatic rings. The van der Waals surface area contributed by atoms with Crippen molar-refractivity contribution in [1.29, 1.82) is 0 Å². The van der Waals surface area contributed by atoms with Crippen LogP contribution in [-0.2, 0) is 38.7 Å². The van der Waals surface area contributed by atoms with Crippen molar-refractivity contribution < 1.29 is 24.2 Å². The van der Waals surface area contributed by atoms with Crippen molar-refractivity contribution in [3.05, 3.63) is 179 Å². The van der Waals surface area contributed by atoms with Gasteiger partial charge in [0.05, 0.1) is 56.0 Å². The summed E-state index contributed by atoms with van der Waals surface area (Å²) in [4.78, 5) is 31.6. The van der Waals surface area contributed by atoms with Crippen LogP contribution in [0.5, 0.6) is 5.75 Å². The van der Waals surface area contributed by atoms with Gasteiger partial charge >= 0.3 is 5.97 Å². The maximum atomic E-state index is 12.8. The second kappa shape index (κ2) is 20.1. The topological polar surface area (TPSA) is 101 Å². The number of hydrogen-bond acceptors (Lipinski definition) is 8. The van der Waals surface area contributed by atoms with Crippen molar-refractivity contribution in [2.75, 3.05) is 26.5 Å². The van der Waals surface area contributed by atoms with E-state index in [-0.39, 0.29) is 31.4 Å². The van der Waals surface area contributed by atoms with E-state index in [0.29, 0.717) is 18.8 Å². The van der Waals surface area contributed by atoms with Crippen molar-refractivity contribution >= 4 is 23.6 Å². The van der Waals surface area contributed by atoms with E-state index in [1.807, 2.05) is 83.4 Å². The summed E-state index contributed by atoms with van der Waals surface area (Å²) in [5, 5.41) is 13.6. The summed E-state index contributed by atoms with van der Waals surface area (Å²) in [5.41, 5.74) is 6.06. The fourth-order valence-corrected chi connectivity index (χ4v) is 7.64. The minimum atomic E-state index is -0.911. The molecule has 0 radical (unpaired) electrons. The molecule has 1 amide bonds. The number of allylic oxidation sites excluding steroid dienone is 1. The number of nitrogens with zero attached hydrogens (tertiary/aromatic N) is 2. The lowest BCUT2D eigenvalue weighted by atomic mass is 9.84. The predicted octanol–water partition coefficient (Wildman–Crippen LogP) is 7.30. The van der Waals surface area contributed by atoms with Crippen LogP contribution < -0.4 is 10.1 Å². The summed E-state index contributed by atoms with van der Waals surface area (Å²) in [6.07, 6.45) is 3.41. The van der Waals surface area contributed by atoms with Gasteiger partial charge in [-0.15, -0.1) is 11.8 Å². The third-order valence-corrected chi connectivity index (χ3v) is 10.3. The second-order valence-corrected chi connectivity index (χ2v) is 13.9. The maximum Gasteiger partial charge on any atom is 0.319 e. The van der Waals surface area contributed by atoms with E-state index in [9.17, 15) is 14.7 Å². The highest BCUT2D eigenvalue weighted by Gasteiger charge is 2.36. The van der Waals surface area contributed by atoms with Crippen LogP contribution in [-0.4, -0.2) is 59.5 Å². The van der Waals surface area contributed by atoms with Gasteiger partial charge in [-0.25, -0.2) is 0 Å². The first-order chi connectivity index (χ1) is 25.9. The lowest BCUT2D eigenvalue weighted by Crippen LogP contribution is -2.30. The highest BCUT2D eigenvalue weighted by atomic mass is 32.2. The van der Waals surface area contributed by atoms with Crippen molar-refractivity contribution in [3.8, 4) is 5.75 Å². The molecule has 0 aliphatic carbocycles. The second-order valence-electron chi connectivity index (χ2n) is 12.6. The van der Waals surface area contributed by atoms with Crippen LogP contribution in [0.4, 0.5) is 0 Å². The van der Waals surface area contributed by atoms with Crippen LogP contribution >= 0.6 is 11.8 Å². The Bertz CT molecular complexity index is 1790. The molecule has 4 aromatic carbocycles. The molecule has 9 heteroatoms. The summed E-state index contributed by atoms with van der Waals surface area (Å²) >= 11 is 1.86. The van der Waals surface area contributed by atoms with E-state index >= 15 is 0 Å². The number of ether oxygens (including phenoxy) is 2. The highest BCUT2D eigenvalue weighted by molar-refractivity contribution is 8.00. The Hall–Kier alpha value is -5.22. The van der Waals surface area contributed by atoms with Gasteiger partial charge in [0, 0.05) is 13.1 Å². The van der Waals surface area contributed by atoms with Crippen molar-refractivity contribution in [3.63, 3.8) is 0 Å². The number of hydrogen-bond donors (Lipinski definition) is 2. The molecular formula is C44H47N3O5S. The fourth-order valence-electron chi connectivity index (χ4n) is 6.17. The number of thioether (sulfide) groups is 1.